The maximum absolute atomic E-state index is 10.7. The second-order valence-electron chi connectivity index (χ2n) is 6.21. The third-order valence-electron chi connectivity index (χ3n) is 4.01. The van der Waals surface area contributed by atoms with Gasteiger partial charge in [-0.15, -0.1) is 0 Å². The molecule has 8 heteroatoms. The van der Waals surface area contributed by atoms with Gasteiger partial charge in [-0.3, -0.25) is 9.59 Å². The molecule has 0 aliphatic heterocycles. The van der Waals surface area contributed by atoms with Crippen molar-refractivity contribution < 1.29 is 19.8 Å². The van der Waals surface area contributed by atoms with Crippen LogP contribution in [-0.4, -0.2) is 35.2 Å². The van der Waals surface area contributed by atoms with Crippen LogP contribution in [0.15, 0.2) is 57.5 Å². The van der Waals surface area contributed by atoms with Gasteiger partial charge in [-0.2, -0.15) is 0 Å². The molecule has 0 saturated heterocycles. The number of hydrogen-bond donors (Lipinski definition) is 4. The maximum atomic E-state index is 10.7. The molecule has 0 unspecified atom stereocenters. The van der Waals surface area contributed by atoms with Gasteiger partial charge in [0.2, 0.25) is 0 Å². The number of nitrogens with two attached hydrogens (primary N) is 2. The molecular formula is C20H24Br2N2O4. The highest BCUT2D eigenvalue weighted by atomic mass is 79.9. The molecule has 6 nitrogen and oxygen atoms in total. The fraction of sp³-hybridized carbons (Fsp3) is 0.300. The highest BCUT2D eigenvalue weighted by Gasteiger charge is 2.16. The van der Waals surface area contributed by atoms with Crippen molar-refractivity contribution in [2.45, 2.75) is 12.8 Å². The molecule has 0 aliphatic rings. The van der Waals surface area contributed by atoms with Gasteiger partial charge in [0.1, 0.15) is 0 Å². The highest BCUT2D eigenvalue weighted by Crippen LogP contribution is 2.16. The van der Waals surface area contributed by atoms with Gasteiger partial charge in [0.15, 0.2) is 0 Å². The molecule has 0 radical (unpaired) electrons. The number of carboxylic acids is 2. The molecular weight excluding hydrogens is 492 g/mol. The number of halogens is 2. The van der Waals surface area contributed by atoms with E-state index in [0.717, 1.165) is 20.1 Å². The Hall–Kier alpha value is -1.74. The van der Waals surface area contributed by atoms with Crippen molar-refractivity contribution in [1.82, 2.24) is 0 Å². The minimum absolute atomic E-state index is 0.168. The zero-order chi connectivity index (χ0) is 21.1. The summed E-state index contributed by atoms with van der Waals surface area (Å²) in [4.78, 5) is 21.5. The Kier molecular flexibility index (Phi) is 11.0. The molecule has 0 aromatic heterocycles. The largest absolute Gasteiger partial charge is 0.481 e. The lowest BCUT2D eigenvalue weighted by atomic mass is 10.00. The summed E-state index contributed by atoms with van der Waals surface area (Å²) in [7, 11) is 0. The second-order valence-corrected chi connectivity index (χ2v) is 8.04. The number of benzene rings is 2. The third kappa shape index (κ3) is 8.97. The monoisotopic (exact) mass is 514 g/mol. The quantitative estimate of drug-likeness (QED) is 0.427. The van der Waals surface area contributed by atoms with Gasteiger partial charge < -0.3 is 21.7 Å². The van der Waals surface area contributed by atoms with Gasteiger partial charge in [-0.05, 0) is 48.2 Å². The van der Waals surface area contributed by atoms with Gasteiger partial charge in [0.05, 0.1) is 11.8 Å². The molecule has 0 aliphatic carbocycles. The predicted molar refractivity (Wildman–Crippen MR) is 116 cm³/mol. The van der Waals surface area contributed by atoms with E-state index in [0.29, 0.717) is 12.8 Å². The van der Waals surface area contributed by atoms with E-state index in [-0.39, 0.29) is 13.1 Å². The van der Waals surface area contributed by atoms with E-state index in [1.807, 2.05) is 48.5 Å². The average molecular weight is 516 g/mol. The Morgan fingerprint density at radius 3 is 1.39 bits per heavy atom. The Labute approximate surface area is 181 Å². The minimum Gasteiger partial charge on any atom is -0.481 e. The second kappa shape index (κ2) is 12.7. The molecule has 2 rings (SSSR count). The summed E-state index contributed by atoms with van der Waals surface area (Å²) in [5.74, 6) is -2.67. The number of carbonyl (C=O) groups is 2. The summed E-state index contributed by atoms with van der Waals surface area (Å²) >= 11 is 6.66. The Bertz CT molecular complexity index is 721. The SMILES string of the molecule is NC[C@H](Cc1cccc(Br)c1)C(=O)O.NC[C@H](Cc1cccc(Br)c1)C(=O)O. The first-order chi connectivity index (χ1) is 13.3. The molecule has 0 fully saturated rings. The lowest BCUT2D eigenvalue weighted by Crippen LogP contribution is -2.25. The Morgan fingerprint density at radius 2 is 1.14 bits per heavy atom. The molecule has 0 bridgehead atoms. The summed E-state index contributed by atoms with van der Waals surface area (Å²) in [6, 6.07) is 15.2. The van der Waals surface area contributed by atoms with E-state index in [1.54, 1.807) is 0 Å². The van der Waals surface area contributed by atoms with Crippen LogP contribution in [0.5, 0.6) is 0 Å². The molecule has 0 heterocycles. The molecule has 0 saturated carbocycles. The van der Waals surface area contributed by atoms with Gasteiger partial charge >= 0.3 is 11.9 Å². The van der Waals surface area contributed by atoms with Crippen LogP contribution in [0.25, 0.3) is 0 Å². The maximum Gasteiger partial charge on any atom is 0.308 e. The van der Waals surface area contributed by atoms with Crippen LogP contribution in [0.2, 0.25) is 0 Å². The standard InChI is InChI=1S/2C10H12BrNO2/c2*11-9-3-1-2-7(5-9)4-8(6-12)10(13)14/h2*1-3,5,8H,4,6,12H2,(H,13,14)/t2*8-/m00/s1. The van der Waals surface area contributed by atoms with E-state index < -0.39 is 23.8 Å². The van der Waals surface area contributed by atoms with Crippen molar-refractivity contribution in [3.05, 3.63) is 68.6 Å². The van der Waals surface area contributed by atoms with Crippen molar-refractivity contribution >= 4 is 43.8 Å². The highest BCUT2D eigenvalue weighted by molar-refractivity contribution is 9.10. The molecule has 6 N–H and O–H groups in total. The molecule has 2 aromatic rings. The fourth-order valence-electron chi connectivity index (χ4n) is 2.44. The first-order valence-electron chi connectivity index (χ1n) is 8.61. The number of rotatable bonds is 8. The van der Waals surface area contributed by atoms with Gasteiger partial charge in [0.25, 0.3) is 0 Å². The Morgan fingerprint density at radius 1 is 0.786 bits per heavy atom. The lowest BCUT2D eigenvalue weighted by Gasteiger charge is -2.09. The summed E-state index contributed by atoms with van der Waals surface area (Å²) < 4.78 is 1.91. The van der Waals surface area contributed by atoms with Crippen molar-refractivity contribution in [2.24, 2.45) is 23.3 Å². The fourth-order valence-corrected chi connectivity index (χ4v) is 3.33. The zero-order valence-corrected chi connectivity index (χ0v) is 18.4. The van der Waals surface area contributed by atoms with Crippen molar-refractivity contribution in [3.63, 3.8) is 0 Å². The topological polar surface area (TPSA) is 127 Å². The average Bonchev–Trinajstić information content (AvgIpc) is 2.64. The summed E-state index contributed by atoms with van der Waals surface area (Å²) in [5.41, 5.74) is 12.7. The normalized spacial score (nSPS) is 12.4. The zero-order valence-electron chi connectivity index (χ0n) is 15.2. The van der Waals surface area contributed by atoms with Crippen molar-refractivity contribution in [3.8, 4) is 0 Å². The summed E-state index contributed by atoms with van der Waals surface area (Å²) in [6.07, 6.45) is 0.955. The first kappa shape index (κ1) is 24.3. The van der Waals surface area contributed by atoms with Crippen LogP contribution in [0.3, 0.4) is 0 Å². The van der Waals surface area contributed by atoms with Crippen LogP contribution >= 0.6 is 31.9 Å². The van der Waals surface area contributed by atoms with E-state index >= 15 is 0 Å². The molecule has 2 aromatic carbocycles. The molecule has 0 spiro atoms. The van der Waals surface area contributed by atoms with Crippen LogP contribution < -0.4 is 11.5 Å². The summed E-state index contributed by atoms with van der Waals surface area (Å²) in [6.45, 7) is 0.337. The molecule has 0 amide bonds. The van der Waals surface area contributed by atoms with Crippen molar-refractivity contribution in [1.29, 1.82) is 0 Å². The van der Waals surface area contributed by atoms with Crippen LogP contribution in [-0.2, 0) is 22.4 Å². The van der Waals surface area contributed by atoms with Crippen LogP contribution in [0.1, 0.15) is 11.1 Å². The summed E-state index contributed by atoms with van der Waals surface area (Å²) in [5, 5.41) is 17.6. The van der Waals surface area contributed by atoms with Crippen LogP contribution in [0, 0.1) is 11.8 Å². The van der Waals surface area contributed by atoms with E-state index in [2.05, 4.69) is 31.9 Å². The van der Waals surface area contributed by atoms with Gasteiger partial charge in [0, 0.05) is 22.0 Å². The first-order valence-corrected chi connectivity index (χ1v) is 10.2. The molecule has 152 valence electrons. The minimum atomic E-state index is -0.840. The smallest absolute Gasteiger partial charge is 0.308 e. The molecule has 2 atom stereocenters. The van der Waals surface area contributed by atoms with Crippen molar-refractivity contribution in [2.75, 3.05) is 13.1 Å². The van der Waals surface area contributed by atoms with E-state index in [4.69, 9.17) is 21.7 Å². The Balaban J connectivity index is 0.000000280. The third-order valence-corrected chi connectivity index (χ3v) is 5.00. The van der Waals surface area contributed by atoms with Crippen LogP contribution in [0.4, 0.5) is 0 Å². The van der Waals surface area contributed by atoms with E-state index in [9.17, 15) is 9.59 Å². The number of carboxylic acid groups (broad SMARTS) is 2. The van der Waals surface area contributed by atoms with E-state index in [1.165, 1.54) is 0 Å². The van der Waals surface area contributed by atoms with Gasteiger partial charge in [-0.1, -0.05) is 56.1 Å². The van der Waals surface area contributed by atoms with Gasteiger partial charge in [-0.25, -0.2) is 0 Å². The predicted octanol–water partition coefficient (Wildman–Crippen LogP) is 3.30. The number of aliphatic carboxylic acids is 2. The number of hydrogen-bond acceptors (Lipinski definition) is 4. The lowest BCUT2D eigenvalue weighted by molar-refractivity contribution is -0.142. The molecule has 28 heavy (non-hydrogen) atoms.